The SMILES string of the molecule is CCCC(C)N1C[C@H]2C(=O)NC3(CCN(S(=O)(=O)c4ccccc4)CC3)[C@H]2C1.O=C(O)C(F)(F)F. The topological polar surface area (TPSA) is 107 Å². The van der Waals surface area contributed by atoms with E-state index in [4.69, 9.17) is 9.90 Å². The van der Waals surface area contributed by atoms with Crippen molar-refractivity contribution in [1.29, 1.82) is 0 Å². The highest BCUT2D eigenvalue weighted by atomic mass is 32.2. The Morgan fingerprint density at radius 1 is 1.20 bits per heavy atom. The van der Waals surface area contributed by atoms with Gasteiger partial charge in [0.15, 0.2) is 0 Å². The Balaban J connectivity index is 0.000000429. The van der Waals surface area contributed by atoms with E-state index in [2.05, 4.69) is 24.1 Å². The number of nitrogens with one attached hydrogen (secondary N) is 1. The molecule has 0 aromatic heterocycles. The largest absolute Gasteiger partial charge is 0.490 e. The van der Waals surface area contributed by atoms with Gasteiger partial charge in [0.1, 0.15) is 0 Å². The summed E-state index contributed by atoms with van der Waals surface area (Å²) in [6, 6.07) is 9.13. The number of alkyl halides is 3. The maximum atomic E-state index is 12.9. The molecule has 1 unspecified atom stereocenters. The van der Waals surface area contributed by atoms with Gasteiger partial charge in [0.05, 0.1) is 10.8 Å². The van der Waals surface area contributed by atoms with E-state index in [0.29, 0.717) is 42.8 Å². The van der Waals surface area contributed by atoms with Gasteiger partial charge in [-0.1, -0.05) is 31.5 Å². The van der Waals surface area contributed by atoms with Crippen molar-refractivity contribution in [2.45, 2.75) is 62.2 Å². The van der Waals surface area contributed by atoms with Crippen LogP contribution in [0.25, 0.3) is 0 Å². The van der Waals surface area contributed by atoms with Crippen molar-refractivity contribution in [1.82, 2.24) is 14.5 Å². The standard InChI is InChI=1S/C21H31N3O3S.C2HF3O2/c1-3-7-16(2)23-14-18-19(15-23)21(22-20(18)25)10-12-24(13-11-21)28(26,27)17-8-5-4-6-9-17;3-2(4,5)1(6)7/h4-6,8-9,16,18-19H,3,7,10-15H2,1-2H3,(H,22,25);(H,6,7)/t16?,18-,19+;/m1./s1. The molecule has 8 nitrogen and oxygen atoms in total. The van der Waals surface area contributed by atoms with Crippen molar-refractivity contribution in [2.24, 2.45) is 11.8 Å². The molecule has 3 aliphatic heterocycles. The Hall–Kier alpha value is -2.18. The van der Waals surface area contributed by atoms with Crippen molar-refractivity contribution < 1.29 is 36.3 Å². The molecule has 3 fully saturated rings. The van der Waals surface area contributed by atoms with Gasteiger partial charge in [0.2, 0.25) is 15.9 Å². The van der Waals surface area contributed by atoms with E-state index >= 15 is 0 Å². The number of amides is 1. The minimum absolute atomic E-state index is 0.0524. The van der Waals surface area contributed by atoms with E-state index in [0.717, 1.165) is 25.9 Å². The number of fused-ring (bicyclic) bond motifs is 2. The summed E-state index contributed by atoms with van der Waals surface area (Å²) in [6.07, 6.45) is -1.39. The van der Waals surface area contributed by atoms with E-state index in [9.17, 15) is 26.4 Å². The van der Waals surface area contributed by atoms with E-state index in [1.807, 2.05) is 6.07 Å². The molecule has 0 aliphatic carbocycles. The van der Waals surface area contributed by atoms with Gasteiger partial charge in [-0.05, 0) is 38.3 Å². The normalized spacial score (nSPS) is 25.5. The zero-order chi connectivity index (χ0) is 26.0. The van der Waals surface area contributed by atoms with E-state index in [-0.39, 0.29) is 17.4 Å². The quantitative estimate of drug-likeness (QED) is 0.620. The lowest BCUT2D eigenvalue weighted by molar-refractivity contribution is -0.192. The molecular weight excluding hydrogens is 487 g/mol. The molecule has 0 bridgehead atoms. The lowest BCUT2D eigenvalue weighted by atomic mass is 9.76. The number of likely N-dealkylation sites (tertiary alicyclic amines) is 1. The minimum Gasteiger partial charge on any atom is -0.475 e. The molecule has 3 aliphatic rings. The highest BCUT2D eigenvalue weighted by Gasteiger charge is 2.58. The molecule has 196 valence electrons. The lowest BCUT2D eigenvalue weighted by Crippen LogP contribution is -2.56. The van der Waals surface area contributed by atoms with Crippen molar-refractivity contribution in [3.8, 4) is 0 Å². The Morgan fingerprint density at radius 2 is 1.77 bits per heavy atom. The first-order valence-corrected chi connectivity index (χ1v) is 13.2. The van der Waals surface area contributed by atoms with Gasteiger partial charge in [0.25, 0.3) is 0 Å². The number of nitrogens with zero attached hydrogens (tertiary/aromatic N) is 2. The number of hydrogen-bond acceptors (Lipinski definition) is 5. The maximum Gasteiger partial charge on any atom is 0.490 e. The first-order chi connectivity index (χ1) is 16.3. The number of carbonyl (C=O) groups excluding carboxylic acids is 1. The van der Waals surface area contributed by atoms with Crippen molar-refractivity contribution >= 4 is 21.9 Å². The van der Waals surface area contributed by atoms with Gasteiger partial charge in [-0.3, -0.25) is 9.69 Å². The molecule has 1 spiro atoms. The van der Waals surface area contributed by atoms with Crippen LogP contribution in [0.5, 0.6) is 0 Å². The van der Waals surface area contributed by atoms with Crippen LogP contribution in [-0.2, 0) is 19.6 Å². The number of aliphatic carboxylic acids is 1. The third kappa shape index (κ3) is 5.80. The van der Waals surface area contributed by atoms with Crippen molar-refractivity contribution in [2.75, 3.05) is 26.2 Å². The second-order valence-electron chi connectivity index (χ2n) is 9.47. The molecule has 0 radical (unpaired) electrons. The minimum atomic E-state index is -5.08. The molecule has 12 heteroatoms. The van der Waals surface area contributed by atoms with Gasteiger partial charge < -0.3 is 10.4 Å². The fourth-order valence-corrected chi connectivity index (χ4v) is 6.88. The average molecular weight is 520 g/mol. The van der Waals surface area contributed by atoms with E-state index in [1.165, 1.54) is 0 Å². The first kappa shape index (κ1) is 27.4. The van der Waals surface area contributed by atoms with Crippen LogP contribution in [-0.4, -0.2) is 78.5 Å². The summed E-state index contributed by atoms with van der Waals surface area (Å²) in [5.74, 6) is -2.25. The third-order valence-electron chi connectivity index (χ3n) is 7.33. The van der Waals surface area contributed by atoms with Crippen LogP contribution in [0.4, 0.5) is 13.2 Å². The summed E-state index contributed by atoms with van der Waals surface area (Å²) in [4.78, 5) is 24.4. The highest BCUT2D eigenvalue weighted by molar-refractivity contribution is 7.89. The van der Waals surface area contributed by atoms with Crippen LogP contribution in [0, 0.1) is 11.8 Å². The molecule has 1 aromatic rings. The Kier molecular flexibility index (Phi) is 8.17. The molecule has 1 amide bonds. The number of piperidine rings is 1. The van der Waals surface area contributed by atoms with Crippen LogP contribution in [0.2, 0.25) is 0 Å². The predicted octanol–water partition coefficient (Wildman–Crippen LogP) is 2.71. The van der Waals surface area contributed by atoms with Gasteiger partial charge >= 0.3 is 12.1 Å². The Bertz CT molecular complexity index is 1010. The maximum absolute atomic E-state index is 12.9. The number of carbonyl (C=O) groups is 2. The van der Waals surface area contributed by atoms with Gasteiger partial charge in [-0.25, -0.2) is 13.2 Å². The number of carboxylic acid groups (broad SMARTS) is 1. The van der Waals surface area contributed by atoms with Crippen LogP contribution in [0.3, 0.4) is 0 Å². The molecule has 2 N–H and O–H groups in total. The number of hydrogen-bond donors (Lipinski definition) is 2. The zero-order valence-corrected chi connectivity index (χ0v) is 20.6. The number of sulfonamides is 1. The van der Waals surface area contributed by atoms with Gasteiger partial charge in [-0.15, -0.1) is 0 Å². The number of rotatable bonds is 5. The zero-order valence-electron chi connectivity index (χ0n) is 19.8. The molecular formula is C23H32F3N3O5S. The Labute approximate surface area is 203 Å². The summed E-state index contributed by atoms with van der Waals surface area (Å²) in [6.45, 7) is 7.16. The molecule has 0 saturated carbocycles. The number of halogens is 3. The van der Waals surface area contributed by atoms with E-state index < -0.39 is 22.2 Å². The van der Waals surface area contributed by atoms with Crippen molar-refractivity contribution in [3.05, 3.63) is 30.3 Å². The van der Waals surface area contributed by atoms with Crippen LogP contribution in [0.1, 0.15) is 39.5 Å². The smallest absolute Gasteiger partial charge is 0.475 e. The summed E-state index contributed by atoms with van der Waals surface area (Å²) in [7, 11) is -3.47. The summed E-state index contributed by atoms with van der Waals surface area (Å²) < 4.78 is 59.2. The Morgan fingerprint density at radius 3 is 2.29 bits per heavy atom. The van der Waals surface area contributed by atoms with E-state index in [1.54, 1.807) is 28.6 Å². The molecule has 3 atom stereocenters. The molecule has 1 aromatic carbocycles. The van der Waals surface area contributed by atoms with Crippen LogP contribution >= 0.6 is 0 Å². The fourth-order valence-electron chi connectivity index (χ4n) is 5.41. The summed E-state index contributed by atoms with van der Waals surface area (Å²) in [5.41, 5.74) is -0.245. The second-order valence-corrected chi connectivity index (χ2v) is 11.4. The molecule has 3 saturated heterocycles. The number of benzene rings is 1. The highest BCUT2D eigenvalue weighted by Crippen LogP contribution is 2.45. The fraction of sp³-hybridized carbons (Fsp3) is 0.652. The predicted molar refractivity (Wildman–Crippen MR) is 122 cm³/mol. The van der Waals surface area contributed by atoms with Crippen LogP contribution in [0.15, 0.2) is 35.2 Å². The number of carboxylic acids is 1. The second kappa shape index (κ2) is 10.4. The third-order valence-corrected chi connectivity index (χ3v) is 9.25. The van der Waals surface area contributed by atoms with Crippen molar-refractivity contribution in [3.63, 3.8) is 0 Å². The molecule has 35 heavy (non-hydrogen) atoms. The summed E-state index contributed by atoms with van der Waals surface area (Å²) >= 11 is 0. The summed E-state index contributed by atoms with van der Waals surface area (Å²) in [5, 5.41) is 10.4. The lowest BCUT2D eigenvalue weighted by Gasteiger charge is -2.42. The first-order valence-electron chi connectivity index (χ1n) is 11.7. The molecule has 3 heterocycles. The average Bonchev–Trinajstić information content (AvgIpc) is 3.35. The van der Waals surface area contributed by atoms with Gasteiger partial charge in [0, 0.05) is 43.7 Å². The monoisotopic (exact) mass is 519 g/mol. The molecule has 4 rings (SSSR count). The van der Waals surface area contributed by atoms with Crippen LogP contribution < -0.4 is 5.32 Å². The van der Waals surface area contributed by atoms with Gasteiger partial charge in [-0.2, -0.15) is 17.5 Å².